The predicted octanol–water partition coefficient (Wildman–Crippen LogP) is 5.18. The minimum atomic E-state index is -0.463. The quantitative estimate of drug-likeness (QED) is 0.542. The summed E-state index contributed by atoms with van der Waals surface area (Å²) in [6.45, 7) is 6.25. The highest BCUT2D eigenvalue weighted by Crippen LogP contribution is 2.46. The van der Waals surface area contributed by atoms with Crippen LogP contribution in [0.15, 0.2) is 71.6 Å². The van der Waals surface area contributed by atoms with Gasteiger partial charge in [0.1, 0.15) is 11.5 Å². The third kappa shape index (κ3) is 5.18. The lowest BCUT2D eigenvalue weighted by Crippen LogP contribution is -2.42. The third-order valence-electron chi connectivity index (χ3n) is 6.94. The molecule has 4 rings (SSSR count). The van der Waals surface area contributed by atoms with Crippen molar-refractivity contribution in [3.05, 3.63) is 82.7 Å². The van der Waals surface area contributed by atoms with E-state index in [4.69, 9.17) is 9.47 Å². The lowest BCUT2D eigenvalue weighted by Gasteiger charge is -2.39. The molecule has 36 heavy (non-hydrogen) atoms. The molecule has 2 aliphatic rings. The molecule has 6 nitrogen and oxygen atoms in total. The van der Waals surface area contributed by atoms with Gasteiger partial charge in [-0.1, -0.05) is 44.2 Å². The van der Waals surface area contributed by atoms with Crippen LogP contribution < -0.4 is 15.0 Å². The topological polar surface area (TPSA) is 67.9 Å². The number of hydrogen-bond acceptors (Lipinski definition) is 6. The van der Waals surface area contributed by atoms with Gasteiger partial charge in [0, 0.05) is 49.4 Å². The molecule has 1 N–H and O–H groups in total. The number of ketones is 1. The fourth-order valence-electron chi connectivity index (χ4n) is 5.07. The first-order valence-corrected chi connectivity index (χ1v) is 12.5. The monoisotopic (exact) mass is 488 g/mol. The van der Waals surface area contributed by atoms with Gasteiger partial charge in [-0.2, -0.15) is 0 Å². The Morgan fingerprint density at radius 2 is 1.67 bits per heavy atom. The van der Waals surface area contributed by atoms with Crippen LogP contribution in [0.25, 0.3) is 0 Å². The molecule has 0 aromatic heterocycles. The molecule has 2 aromatic carbocycles. The molecule has 1 aliphatic heterocycles. The average molecular weight is 489 g/mol. The van der Waals surface area contributed by atoms with Gasteiger partial charge in [0.05, 0.1) is 25.2 Å². The zero-order valence-corrected chi connectivity index (χ0v) is 22.0. The normalized spacial score (nSPS) is 21.5. The van der Waals surface area contributed by atoms with E-state index in [-0.39, 0.29) is 23.6 Å². The van der Waals surface area contributed by atoms with Gasteiger partial charge in [-0.3, -0.25) is 4.79 Å². The van der Waals surface area contributed by atoms with Gasteiger partial charge in [0.25, 0.3) is 0 Å². The molecule has 0 radical (unpaired) electrons. The molecular weight excluding hydrogens is 452 g/mol. The van der Waals surface area contributed by atoms with Crippen molar-refractivity contribution >= 4 is 17.4 Å². The molecule has 0 bridgehead atoms. The predicted molar refractivity (Wildman–Crippen MR) is 142 cm³/mol. The van der Waals surface area contributed by atoms with Crippen molar-refractivity contribution in [2.45, 2.75) is 39.0 Å². The van der Waals surface area contributed by atoms with Gasteiger partial charge in [0.15, 0.2) is 0 Å². The molecule has 3 unspecified atom stereocenters. The third-order valence-corrected chi connectivity index (χ3v) is 6.94. The molecular formula is C30H36N2O4. The molecule has 1 heterocycles. The van der Waals surface area contributed by atoms with E-state index in [0.29, 0.717) is 18.6 Å². The first kappa shape index (κ1) is 25.5. The summed E-state index contributed by atoms with van der Waals surface area (Å²) in [5, 5.41) is 3.41. The lowest BCUT2D eigenvalue weighted by molar-refractivity contribution is -0.140. The van der Waals surface area contributed by atoms with Crippen molar-refractivity contribution < 1.29 is 19.1 Å². The number of esters is 1. The minimum Gasteiger partial charge on any atom is -0.497 e. The SMILES string of the molecule is COc1ccc(C2C=C3NC(C)=C(C(=O)OCC(C)C)C(c4ccc(N(C)C)cc4)C3C(=O)C2)cc1. The maximum Gasteiger partial charge on any atom is 0.336 e. The molecule has 1 aliphatic carbocycles. The first-order valence-electron chi connectivity index (χ1n) is 12.5. The number of nitrogens with zero attached hydrogens (tertiary/aromatic N) is 1. The number of ether oxygens (including phenoxy) is 2. The van der Waals surface area contributed by atoms with Crippen molar-refractivity contribution in [2.75, 3.05) is 32.7 Å². The second-order valence-corrected chi connectivity index (χ2v) is 10.3. The summed E-state index contributed by atoms with van der Waals surface area (Å²) in [5.74, 6) is -0.148. The molecule has 6 heteroatoms. The van der Waals surface area contributed by atoms with Crippen molar-refractivity contribution in [1.29, 1.82) is 0 Å². The Balaban J connectivity index is 1.76. The van der Waals surface area contributed by atoms with Crippen LogP contribution in [0.1, 0.15) is 50.2 Å². The fourth-order valence-corrected chi connectivity index (χ4v) is 5.07. The van der Waals surface area contributed by atoms with Crippen molar-refractivity contribution in [1.82, 2.24) is 5.32 Å². The standard InChI is InChI=1S/C30H36N2O4/c1-18(2)17-36-30(34)27-19(3)31-25-15-22(20-9-13-24(35-6)14-10-20)16-26(33)29(25)28(27)21-7-11-23(12-8-21)32(4)5/h7-15,18,22,28-29,31H,16-17H2,1-6H3. The van der Waals surface area contributed by atoms with Gasteiger partial charge < -0.3 is 19.7 Å². The molecule has 0 saturated carbocycles. The number of carbonyl (C=O) groups is 2. The molecule has 0 spiro atoms. The number of anilines is 1. The maximum absolute atomic E-state index is 13.7. The number of fused-ring (bicyclic) bond motifs is 1. The van der Waals surface area contributed by atoms with Crippen LogP contribution in [0.5, 0.6) is 5.75 Å². The van der Waals surface area contributed by atoms with Crippen LogP contribution in [-0.2, 0) is 14.3 Å². The zero-order valence-electron chi connectivity index (χ0n) is 22.0. The van der Waals surface area contributed by atoms with E-state index in [9.17, 15) is 9.59 Å². The summed E-state index contributed by atoms with van der Waals surface area (Å²) in [5.41, 5.74) is 5.18. The minimum absolute atomic E-state index is 0.0406. The number of methoxy groups -OCH3 is 1. The van der Waals surface area contributed by atoms with E-state index < -0.39 is 11.8 Å². The Bertz CT molecular complexity index is 1180. The second-order valence-electron chi connectivity index (χ2n) is 10.3. The summed E-state index contributed by atoms with van der Waals surface area (Å²) < 4.78 is 11.0. The van der Waals surface area contributed by atoms with Crippen LogP contribution in [-0.4, -0.2) is 39.6 Å². The maximum atomic E-state index is 13.7. The summed E-state index contributed by atoms with van der Waals surface area (Å²) in [6.07, 6.45) is 2.52. The van der Waals surface area contributed by atoms with Crippen LogP contribution in [0.4, 0.5) is 5.69 Å². The van der Waals surface area contributed by atoms with Crippen LogP contribution >= 0.6 is 0 Å². The van der Waals surface area contributed by atoms with E-state index in [1.165, 1.54) is 0 Å². The molecule has 190 valence electrons. The number of Topliss-reactive ketones (excluding diaryl/α,β-unsaturated/α-hetero) is 1. The first-order chi connectivity index (χ1) is 17.2. The Kier molecular flexibility index (Phi) is 7.53. The number of allylic oxidation sites excluding steroid dienone is 3. The number of nitrogens with one attached hydrogen (secondary N) is 1. The summed E-state index contributed by atoms with van der Waals surface area (Å²) >= 11 is 0. The van der Waals surface area contributed by atoms with Crippen LogP contribution in [0.2, 0.25) is 0 Å². The number of rotatable bonds is 7. The lowest BCUT2D eigenvalue weighted by atomic mass is 9.68. The molecule has 3 atom stereocenters. The van der Waals surface area contributed by atoms with Gasteiger partial charge >= 0.3 is 5.97 Å². The highest BCUT2D eigenvalue weighted by Gasteiger charge is 2.45. The van der Waals surface area contributed by atoms with Gasteiger partial charge in [0.2, 0.25) is 0 Å². The summed E-state index contributed by atoms with van der Waals surface area (Å²) in [6, 6.07) is 16.0. The van der Waals surface area contributed by atoms with Crippen LogP contribution in [0.3, 0.4) is 0 Å². The fraction of sp³-hybridized carbons (Fsp3) is 0.400. The number of hydrogen-bond donors (Lipinski definition) is 1. The Morgan fingerprint density at radius 3 is 2.25 bits per heavy atom. The summed E-state index contributed by atoms with van der Waals surface area (Å²) in [7, 11) is 5.62. The largest absolute Gasteiger partial charge is 0.497 e. The number of carbonyl (C=O) groups excluding carboxylic acids is 2. The Labute approximate surface area is 214 Å². The van der Waals surface area contributed by atoms with E-state index in [1.807, 2.05) is 88.3 Å². The zero-order chi connectivity index (χ0) is 26.0. The van der Waals surface area contributed by atoms with Crippen molar-refractivity contribution in [2.24, 2.45) is 11.8 Å². The number of benzene rings is 2. The smallest absolute Gasteiger partial charge is 0.336 e. The molecule has 0 fully saturated rings. The van der Waals surface area contributed by atoms with Crippen LogP contribution in [0, 0.1) is 11.8 Å². The Morgan fingerprint density at radius 1 is 1.03 bits per heavy atom. The van der Waals surface area contributed by atoms with E-state index >= 15 is 0 Å². The Hall–Kier alpha value is -3.54. The van der Waals surface area contributed by atoms with Crippen molar-refractivity contribution in [3.8, 4) is 5.75 Å². The van der Waals surface area contributed by atoms with E-state index in [2.05, 4.69) is 11.4 Å². The van der Waals surface area contributed by atoms with Gasteiger partial charge in [-0.05, 0) is 48.2 Å². The molecule has 0 amide bonds. The van der Waals surface area contributed by atoms with Gasteiger partial charge in [-0.25, -0.2) is 4.79 Å². The average Bonchev–Trinajstić information content (AvgIpc) is 2.86. The molecule has 2 aromatic rings. The summed E-state index contributed by atoms with van der Waals surface area (Å²) in [4.78, 5) is 29.1. The van der Waals surface area contributed by atoms with E-state index in [0.717, 1.165) is 34.0 Å². The van der Waals surface area contributed by atoms with E-state index in [1.54, 1.807) is 7.11 Å². The molecule has 0 saturated heterocycles. The second kappa shape index (κ2) is 10.6. The van der Waals surface area contributed by atoms with Gasteiger partial charge in [-0.15, -0.1) is 0 Å². The highest BCUT2D eigenvalue weighted by atomic mass is 16.5. The van der Waals surface area contributed by atoms with Crippen molar-refractivity contribution in [3.63, 3.8) is 0 Å². The highest BCUT2D eigenvalue weighted by molar-refractivity contribution is 5.96.